The molecular formula is C18H26N2O4. The number of furan rings is 1. The number of methoxy groups -OCH3 is 1. The topological polar surface area (TPSA) is 63.0 Å². The van der Waals surface area contributed by atoms with Gasteiger partial charge in [0.15, 0.2) is 5.76 Å². The van der Waals surface area contributed by atoms with E-state index in [1.54, 1.807) is 19.4 Å². The van der Waals surface area contributed by atoms with Crippen molar-refractivity contribution >= 4 is 11.8 Å². The lowest BCUT2D eigenvalue weighted by molar-refractivity contribution is -0.150. The summed E-state index contributed by atoms with van der Waals surface area (Å²) >= 11 is 0. The first kappa shape index (κ1) is 17.0. The van der Waals surface area contributed by atoms with Crippen molar-refractivity contribution in [3.63, 3.8) is 0 Å². The van der Waals surface area contributed by atoms with Gasteiger partial charge in [-0.05, 0) is 38.7 Å². The van der Waals surface area contributed by atoms with Gasteiger partial charge in [0.1, 0.15) is 0 Å². The molecule has 0 radical (unpaired) electrons. The summed E-state index contributed by atoms with van der Waals surface area (Å²) in [7, 11) is 1.66. The lowest BCUT2D eigenvalue weighted by Gasteiger charge is -2.46. The Morgan fingerprint density at radius 2 is 2.04 bits per heavy atom. The number of ether oxygens (including phenoxy) is 1. The Morgan fingerprint density at radius 1 is 1.29 bits per heavy atom. The molecule has 0 saturated carbocycles. The van der Waals surface area contributed by atoms with Crippen LogP contribution in [0.1, 0.15) is 41.8 Å². The van der Waals surface area contributed by atoms with Crippen molar-refractivity contribution < 1.29 is 18.7 Å². The minimum absolute atomic E-state index is 0.0631. The molecule has 6 heteroatoms. The number of carbonyl (C=O) groups excluding carboxylic acids is 2. The van der Waals surface area contributed by atoms with Crippen molar-refractivity contribution in [3.8, 4) is 0 Å². The minimum atomic E-state index is -0.291. The SMILES string of the molecule is COCCN1CCCC2(CCN(C(=O)c3occc3C)CC2)C1=O. The first-order chi connectivity index (χ1) is 11.6. The van der Waals surface area contributed by atoms with E-state index >= 15 is 0 Å². The fraction of sp³-hybridized carbons (Fsp3) is 0.667. The van der Waals surface area contributed by atoms with Crippen LogP contribution in [0, 0.1) is 12.3 Å². The maximum atomic E-state index is 12.9. The van der Waals surface area contributed by atoms with Crippen molar-refractivity contribution in [2.75, 3.05) is 39.9 Å². The summed E-state index contributed by atoms with van der Waals surface area (Å²) in [5.74, 6) is 0.599. The van der Waals surface area contributed by atoms with Gasteiger partial charge in [-0.2, -0.15) is 0 Å². The number of aryl methyl sites for hydroxylation is 1. The lowest BCUT2D eigenvalue weighted by Crippen LogP contribution is -2.54. The van der Waals surface area contributed by atoms with E-state index in [4.69, 9.17) is 9.15 Å². The van der Waals surface area contributed by atoms with Crippen LogP contribution in [-0.2, 0) is 9.53 Å². The van der Waals surface area contributed by atoms with Gasteiger partial charge in [-0.3, -0.25) is 9.59 Å². The van der Waals surface area contributed by atoms with E-state index in [9.17, 15) is 9.59 Å². The van der Waals surface area contributed by atoms with Crippen molar-refractivity contribution in [3.05, 3.63) is 23.7 Å². The third kappa shape index (κ3) is 3.07. The maximum Gasteiger partial charge on any atom is 0.289 e. The van der Waals surface area contributed by atoms with Crippen LogP contribution in [0.2, 0.25) is 0 Å². The highest BCUT2D eigenvalue weighted by atomic mass is 16.5. The van der Waals surface area contributed by atoms with E-state index < -0.39 is 0 Å². The van der Waals surface area contributed by atoms with Crippen LogP contribution in [0.4, 0.5) is 0 Å². The fourth-order valence-corrected chi connectivity index (χ4v) is 3.90. The summed E-state index contributed by atoms with van der Waals surface area (Å²) in [5, 5.41) is 0. The summed E-state index contributed by atoms with van der Waals surface area (Å²) in [4.78, 5) is 29.2. The second kappa shape index (κ2) is 6.97. The van der Waals surface area contributed by atoms with Crippen LogP contribution >= 0.6 is 0 Å². The third-order valence-electron chi connectivity index (χ3n) is 5.45. The molecule has 0 bridgehead atoms. The quantitative estimate of drug-likeness (QED) is 0.846. The number of piperidine rings is 2. The molecule has 132 valence electrons. The van der Waals surface area contributed by atoms with Gasteiger partial charge in [0.2, 0.25) is 5.91 Å². The predicted molar refractivity (Wildman–Crippen MR) is 88.7 cm³/mol. The van der Waals surface area contributed by atoms with Gasteiger partial charge < -0.3 is 19.0 Å². The Hall–Kier alpha value is -1.82. The van der Waals surface area contributed by atoms with Gasteiger partial charge >= 0.3 is 0 Å². The summed E-state index contributed by atoms with van der Waals surface area (Å²) in [5.41, 5.74) is 0.570. The maximum absolute atomic E-state index is 12.9. The molecular weight excluding hydrogens is 308 g/mol. The number of amides is 2. The van der Waals surface area contributed by atoms with E-state index in [0.29, 0.717) is 32.0 Å². The number of rotatable bonds is 4. The van der Waals surface area contributed by atoms with Crippen LogP contribution in [0.5, 0.6) is 0 Å². The molecule has 0 unspecified atom stereocenters. The Morgan fingerprint density at radius 3 is 2.67 bits per heavy atom. The van der Waals surface area contributed by atoms with Gasteiger partial charge in [-0.25, -0.2) is 0 Å². The van der Waals surface area contributed by atoms with Crippen LogP contribution < -0.4 is 0 Å². The Kier molecular flexibility index (Phi) is 4.94. The van der Waals surface area contributed by atoms with Crippen molar-refractivity contribution in [1.82, 2.24) is 9.80 Å². The van der Waals surface area contributed by atoms with Crippen LogP contribution in [0.25, 0.3) is 0 Å². The third-order valence-corrected chi connectivity index (χ3v) is 5.45. The van der Waals surface area contributed by atoms with Gasteiger partial charge in [-0.1, -0.05) is 0 Å². The molecule has 1 spiro atoms. The second-order valence-electron chi connectivity index (χ2n) is 6.89. The molecule has 2 aliphatic heterocycles. The molecule has 1 aromatic heterocycles. The highest BCUT2D eigenvalue weighted by molar-refractivity contribution is 5.93. The zero-order valence-electron chi connectivity index (χ0n) is 14.5. The van der Waals surface area contributed by atoms with Crippen LogP contribution in [-0.4, -0.2) is 61.5 Å². The highest BCUT2D eigenvalue weighted by Crippen LogP contribution is 2.41. The summed E-state index contributed by atoms with van der Waals surface area (Å²) in [6.07, 6.45) is 4.98. The van der Waals surface area contributed by atoms with Crippen molar-refractivity contribution in [2.24, 2.45) is 5.41 Å². The molecule has 2 amide bonds. The monoisotopic (exact) mass is 334 g/mol. The summed E-state index contributed by atoms with van der Waals surface area (Å²) < 4.78 is 10.4. The zero-order chi connectivity index (χ0) is 17.2. The molecule has 2 aliphatic rings. The fourth-order valence-electron chi connectivity index (χ4n) is 3.90. The summed E-state index contributed by atoms with van der Waals surface area (Å²) in [6, 6.07) is 1.80. The number of hydrogen-bond acceptors (Lipinski definition) is 4. The molecule has 3 rings (SSSR count). The van der Waals surface area contributed by atoms with E-state index in [2.05, 4.69) is 0 Å². The van der Waals surface area contributed by atoms with Gasteiger partial charge in [-0.15, -0.1) is 0 Å². The largest absolute Gasteiger partial charge is 0.459 e. The molecule has 0 aromatic carbocycles. The molecule has 0 atom stereocenters. The van der Waals surface area contributed by atoms with Gasteiger partial charge in [0, 0.05) is 38.9 Å². The molecule has 0 aliphatic carbocycles. The van der Waals surface area contributed by atoms with Crippen LogP contribution in [0.15, 0.2) is 16.7 Å². The number of nitrogens with zero attached hydrogens (tertiary/aromatic N) is 2. The number of carbonyl (C=O) groups is 2. The minimum Gasteiger partial charge on any atom is -0.459 e. The lowest BCUT2D eigenvalue weighted by atomic mass is 9.71. The molecule has 3 heterocycles. The normalized spacial score (nSPS) is 20.7. The highest BCUT2D eigenvalue weighted by Gasteiger charge is 2.46. The molecule has 2 fully saturated rings. The second-order valence-corrected chi connectivity index (χ2v) is 6.89. The Bertz CT molecular complexity index is 602. The average molecular weight is 334 g/mol. The van der Waals surface area contributed by atoms with Crippen molar-refractivity contribution in [1.29, 1.82) is 0 Å². The predicted octanol–water partition coefficient (Wildman–Crippen LogP) is 2.08. The number of hydrogen-bond donors (Lipinski definition) is 0. The van der Waals surface area contributed by atoms with E-state index in [0.717, 1.165) is 37.8 Å². The molecule has 6 nitrogen and oxygen atoms in total. The molecule has 2 saturated heterocycles. The molecule has 24 heavy (non-hydrogen) atoms. The molecule has 0 N–H and O–H groups in total. The van der Waals surface area contributed by atoms with E-state index in [1.165, 1.54) is 0 Å². The Labute approximate surface area is 142 Å². The molecule has 1 aromatic rings. The zero-order valence-corrected chi connectivity index (χ0v) is 14.5. The standard InChI is InChI=1S/C18H26N2O4/c1-14-4-12-24-15(14)16(21)19-9-6-18(7-10-19)5-3-8-20(17(18)22)11-13-23-2/h4,12H,3,5-11,13H2,1-2H3. The van der Waals surface area contributed by atoms with Gasteiger partial charge in [0.05, 0.1) is 18.3 Å². The van der Waals surface area contributed by atoms with Gasteiger partial charge in [0.25, 0.3) is 5.91 Å². The van der Waals surface area contributed by atoms with E-state index in [1.807, 2.05) is 16.7 Å². The first-order valence-electron chi connectivity index (χ1n) is 8.69. The first-order valence-corrected chi connectivity index (χ1v) is 8.69. The smallest absolute Gasteiger partial charge is 0.289 e. The van der Waals surface area contributed by atoms with E-state index in [-0.39, 0.29) is 17.2 Å². The Balaban J connectivity index is 1.64. The van der Waals surface area contributed by atoms with Crippen molar-refractivity contribution in [2.45, 2.75) is 32.6 Å². The van der Waals surface area contributed by atoms with Crippen LogP contribution in [0.3, 0.4) is 0 Å². The summed E-state index contributed by atoms with van der Waals surface area (Å²) in [6.45, 7) is 5.15. The number of likely N-dealkylation sites (tertiary alicyclic amines) is 2. The average Bonchev–Trinajstić information content (AvgIpc) is 3.02.